The van der Waals surface area contributed by atoms with E-state index in [-0.39, 0.29) is 6.54 Å². The Bertz CT molecular complexity index is 519. The minimum atomic E-state index is -0.951. The van der Waals surface area contributed by atoms with E-state index in [1.807, 2.05) is 19.1 Å². The fourth-order valence-electron chi connectivity index (χ4n) is 1.52. The van der Waals surface area contributed by atoms with Crippen LogP contribution in [0.3, 0.4) is 0 Å². The first-order chi connectivity index (χ1) is 9.28. The molecule has 110 valence electrons. The molecule has 0 saturated carbocycles. The molecule has 0 aromatic heterocycles. The highest BCUT2D eigenvalue weighted by molar-refractivity contribution is 9.10. The largest absolute Gasteiger partial charge is 0.481 e. The number of carboxylic acid groups (broad SMARTS) is 1. The molecule has 0 spiro atoms. The number of anilines is 1. The molecule has 0 bridgehead atoms. The number of carbonyl (C=O) groups excluding carboxylic acids is 1. The zero-order chi connectivity index (χ0) is 15.3. The van der Waals surface area contributed by atoms with Gasteiger partial charge in [-0.25, -0.2) is 4.79 Å². The Morgan fingerprint density at radius 1 is 1.40 bits per heavy atom. The van der Waals surface area contributed by atoms with Crippen molar-refractivity contribution in [3.63, 3.8) is 0 Å². The number of amides is 2. The van der Waals surface area contributed by atoms with E-state index in [9.17, 15) is 9.59 Å². The zero-order valence-electron chi connectivity index (χ0n) is 11.8. The molecule has 1 rings (SSSR count). The van der Waals surface area contributed by atoms with E-state index in [1.165, 1.54) is 0 Å². The minimum Gasteiger partial charge on any atom is -0.481 e. The standard InChI is InChI=1S/C14H19BrN2O3/c1-4-14(3,12(18)19)8-16-13(20)17-10-5-6-11(15)9(2)7-10/h5-7H,4,8H2,1-3H3,(H,18,19)(H2,16,17,20). The average Bonchev–Trinajstić information content (AvgIpc) is 2.40. The molecular weight excluding hydrogens is 324 g/mol. The van der Waals surface area contributed by atoms with Crippen molar-refractivity contribution in [2.24, 2.45) is 5.41 Å². The third-order valence-electron chi connectivity index (χ3n) is 3.35. The molecule has 0 fully saturated rings. The first kappa shape index (κ1) is 16.5. The van der Waals surface area contributed by atoms with Gasteiger partial charge >= 0.3 is 12.0 Å². The van der Waals surface area contributed by atoms with Crippen LogP contribution in [0.25, 0.3) is 0 Å². The summed E-state index contributed by atoms with van der Waals surface area (Å²) in [7, 11) is 0. The molecule has 0 heterocycles. The van der Waals surface area contributed by atoms with Crippen LogP contribution in [0.4, 0.5) is 10.5 Å². The first-order valence-corrected chi connectivity index (χ1v) is 7.12. The highest BCUT2D eigenvalue weighted by Gasteiger charge is 2.31. The molecule has 5 nitrogen and oxygen atoms in total. The van der Waals surface area contributed by atoms with Gasteiger partial charge in [0.15, 0.2) is 0 Å². The van der Waals surface area contributed by atoms with Crippen LogP contribution in [0.2, 0.25) is 0 Å². The van der Waals surface area contributed by atoms with Crippen molar-refractivity contribution in [3.8, 4) is 0 Å². The van der Waals surface area contributed by atoms with E-state index >= 15 is 0 Å². The van der Waals surface area contributed by atoms with Gasteiger partial charge in [0.1, 0.15) is 0 Å². The lowest BCUT2D eigenvalue weighted by Crippen LogP contribution is -2.42. The molecule has 0 aliphatic heterocycles. The summed E-state index contributed by atoms with van der Waals surface area (Å²) in [5.74, 6) is -0.917. The molecular formula is C14H19BrN2O3. The van der Waals surface area contributed by atoms with E-state index in [1.54, 1.807) is 19.9 Å². The predicted octanol–water partition coefficient (Wildman–Crippen LogP) is 3.38. The maximum absolute atomic E-state index is 11.8. The van der Waals surface area contributed by atoms with Crippen LogP contribution >= 0.6 is 15.9 Å². The molecule has 0 aliphatic rings. The van der Waals surface area contributed by atoms with E-state index < -0.39 is 17.4 Å². The van der Waals surface area contributed by atoms with Crippen molar-refractivity contribution in [1.29, 1.82) is 0 Å². The molecule has 1 aromatic rings. The van der Waals surface area contributed by atoms with Crippen LogP contribution in [0.5, 0.6) is 0 Å². The molecule has 0 saturated heterocycles. The summed E-state index contributed by atoms with van der Waals surface area (Å²) in [5.41, 5.74) is 0.718. The number of aliphatic carboxylic acids is 1. The number of hydrogen-bond donors (Lipinski definition) is 3. The molecule has 1 aromatic carbocycles. The second-order valence-electron chi connectivity index (χ2n) is 4.99. The lowest BCUT2D eigenvalue weighted by molar-refractivity contribution is -0.147. The van der Waals surface area contributed by atoms with Crippen LogP contribution in [0.1, 0.15) is 25.8 Å². The molecule has 1 atom stereocenters. The number of rotatable bonds is 5. The van der Waals surface area contributed by atoms with Gasteiger partial charge < -0.3 is 15.7 Å². The fourth-order valence-corrected chi connectivity index (χ4v) is 1.77. The van der Waals surface area contributed by atoms with Crippen molar-refractivity contribution in [2.45, 2.75) is 27.2 Å². The van der Waals surface area contributed by atoms with E-state index in [0.717, 1.165) is 10.0 Å². The Kier molecular flexibility index (Phi) is 5.56. The molecule has 6 heteroatoms. The fraction of sp³-hybridized carbons (Fsp3) is 0.429. The normalized spacial score (nSPS) is 13.4. The Morgan fingerprint density at radius 2 is 2.05 bits per heavy atom. The molecule has 1 unspecified atom stereocenters. The number of halogens is 1. The predicted molar refractivity (Wildman–Crippen MR) is 81.9 cm³/mol. The van der Waals surface area contributed by atoms with Gasteiger partial charge in [0.05, 0.1) is 5.41 Å². The van der Waals surface area contributed by atoms with Gasteiger partial charge in [0.25, 0.3) is 0 Å². The van der Waals surface area contributed by atoms with Gasteiger partial charge in [-0.2, -0.15) is 0 Å². The van der Waals surface area contributed by atoms with E-state index in [0.29, 0.717) is 12.1 Å². The third-order valence-corrected chi connectivity index (χ3v) is 4.24. The smallest absolute Gasteiger partial charge is 0.319 e. The highest BCUT2D eigenvalue weighted by Crippen LogP contribution is 2.21. The van der Waals surface area contributed by atoms with Crippen molar-refractivity contribution in [3.05, 3.63) is 28.2 Å². The van der Waals surface area contributed by atoms with Gasteiger partial charge in [-0.3, -0.25) is 4.79 Å². The second-order valence-corrected chi connectivity index (χ2v) is 5.85. The Morgan fingerprint density at radius 3 is 2.55 bits per heavy atom. The zero-order valence-corrected chi connectivity index (χ0v) is 13.4. The molecule has 20 heavy (non-hydrogen) atoms. The molecule has 0 radical (unpaired) electrons. The summed E-state index contributed by atoms with van der Waals surface area (Å²) in [6.07, 6.45) is 0.444. The van der Waals surface area contributed by atoms with Crippen molar-refractivity contribution < 1.29 is 14.7 Å². The lowest BCUT2D eigenvalue weighted by atomic mass is 9.88. The molecule has 2 amide bonds. The van der Waals surface area contributed by atoms with Gasteiger partial charge in [-0.05, 0) is 44.0 Å². The SMILES string of the molecule is CCC(C)(CNC(=O)Nc1ccc(Br)c(C)c1)C(=O)O. The quantitative estimate of drug-likeness (QED) is 0.767. The van der Waals surface area contributed by atoms with E-state index in [2.05, 4.69) is 26.6 Å². The van der Waals surface area contributed by atoms with Gasteiger partial charge in [0, 0.05) is 16.7 Å². The van der Waals surface area contributed by atoms with Crippen LogP contribution < -0.4 is 10.6 Å². The number of urea groups is 1. The molecule has 3 N–H and O–H groups in total. The summed E-state index contributed by atoms with van der Waals surface area (Å²) in [5, 5.41) is 14.4. The van der Waals surface area contributed by atoms with Gasteiger partial charge in [-0.15, -0.1) is 0 Å². The highest BCUT2D eigenvalue weighted by atomic mass is 79.9. The second kappa shape index (κ2) is 6.74. The number of carbonyl (C=O) groups is 2. The average molecular weight is 343 g/mol. The summed E-state index contributed by atoms with van der Waals surface area (Å²) in [6.45, 7) is 5.40. The third kappa shape index (κ3) is 4.23. The number of nitrogens with one attached hydrogen (secondary N) is 2. The summed E-state index contributed by atoms with van der Waals surface area (Å²) < 4.78 is 0.966. The maximum atomic E-state index is 11.8. The van der Waals surface area contributed by atoms with Crippen LogP contribution in [-0.4, -0.2) is 23.7 Å². The van der Waals surface area contributed by atoms with Gasteiger partial charge in [0.2, 0.25) is 0 Å². The summed E-state index contributed by atoms with van der Waals surface area (Å²) in [6, 6.07) is 5.04. The Hall–Kier alpha value is -1.56. The summed E-state index contributed by atoms with van der Waals surface area (Å²) in [4.78, 5) is 22.9. The first-order valence-electron chi connectivity index (χ1n) is 6.33. The van der Waals surface area contributed by atoms with Crippen molar-refractivity contribution in [2.75, 3.05) is 11.9 Å². The Labute approximate surface area is 126 Å². The van der Waals surface area contributed by atoms with Crippen LogP contribution in [0, 0.1) is 12.3 Å². The monoisotopic (exact) mass is 342 g/mol. The van der Waals surface area contributed by atoms with Crippen LogP contribution in [-0.2, 0) is 4.79 Å². The minimum absolute atomic E-state index is 0.0835. The maximum Gasteiger partial charge on any atom is 0.319 e. The number of hydrogen-bond acceptors (Lipinski definition) is 2. The van der Waals surface area contributed by atoms with Gasteiger partial charge in [-0.1, -0.05) is 22.9 Å². The number of carboxylic acids is 1. The summed E-state index contributed by atoms with van der Waals surface area (Å²) >= 11 is 3.38. The van der Waals surface area contributed by atoms with Crippen molar-refractivity contribution in [1.82, 2.24) is 5.32 Å². The number of aryl methyl sites for hydroxylation is 1. The lowest BCUT2D eigenvalue weighted by Gasteiger charge is -2.23. The Balaban J connectivity index is 2.60. The van der Waals surface area contributed by atoms with Crippen molar-refractivity contribution >= 4 is 33.6 Å². The van der Waals surface area contributed by atoms with E-state index in [4.69, 9.17) is 5.11 Å². The topological polar surface area (TPSA) is 78.4 Å². The number of benzene rings is 1. The van der Waals surface area contributed by atoms with Crippen LogP contribution in [0.15, 0.2) is 22.7 Å². The molecule has 0 aliphatic carbocycles.